The van der Waals surface area contributed by atoms with Crippen molar-refractivity contribution in [3.63, 3.8) is 0 Å². The first-order valence-electron chi connectivity index (χ1n) is 8.59. The molecule has 3 N–H and O–H groups in total. The second kappa shape index (κ2) is 7.15. The molecule has 2 unspecified atom stereocenters. The van der Waals surface area contributed by atoms with Crippen LogP contribution in [0.1, 0.15) is 29.0 Å². The first kappa shape index (κ1) is 16.6. The highest BCUT2D eigenvalue weighted by atomic mass is 16.7. The lowest BCUT2D eigenvalue weighted by molar-refractivity contribution is 0.174. The average Bonchev–Trinajstić information content (AvgIpc) is 3.57. The molecule has 0 aromatic heterocycles. The summed E-state index contributed by atoms with van der Waals surface area (Å²) in [6.45, 7) is 0.284. The number of fused-ring (bicyclic) bond motifs is 1. The molecule has 3 aromatic rings. The van der Waals surface area contributed by atoms with Crippen LogP contribution in [0.2, 0.25) is 0 Å². The smallest absolute Gasteiger partial charge is 0.231 e. The van der Waals surface area contributed by atoms with Crippen molar-refractivity contribution in [1.82, 2.24) is 5.43 Å². The van der Waals surface area contributed by atoms with E-state index in [1.165, 1.54) is 12.0 Å². The maximum atomic E-state index is 10.7. The van der Waals surface area contributed by atoms with Crippen molar-refractivity contribution in [1.29, 1.82) is 0 Å². The van der Waals surface area contributed by atoms with E-state index in [0.717, 1.165) is 22.6 Å². The van der Waals surface area contributed by atoms with Gasteiger partial charge in [0.25, 0.3) is 0 Å². The lowest BCUT2D eigenvalue weighted by Gasteiger charge is -1.97. The zero-order chi connectivity index (χ0) is 17.9. The fourth-order valence-corrected chi connectivity index (χ4v) is 2.89. The molecule has 2 atom stereocenters. The molecule has 5 rings (SSSR count). The van der Waals surface area contributed by atoms with Gasteiger partial charge in [-0.05, 0) is 35.7 Å². The van der Waals surface area contributed by atoms with Crippen LogP contribution in [0.3, 0.4) is 0 Å². The Bertz CT molecular complexity index is 926. The summed E-state index contributed by atoms with van der Waals surface area (Å²) in [6, 6.07) is 18.3. The molecule has 5 nitrogen and oxygen atoms in total. The van der Waals surface area contributed by atoms with Gasteiger partial charge in [0.1, 0.15) is 0 Å². The van der Waals surface area contributed by atoms with Crippen LogP contribution in [0.5, 0.6) is 11.5 Å². The van der Waals surface area contributed by atoms with Crippen LogP contribution in [0, 0.1) is 0 Å². The van der Waals surface area contributed by atoms with Gasteiger partial charge in [-0.3, -0.25) is 16.1 Å². The summed E-state index contributed by atoms with van der Waals surface area (Å²) in [5, 5.41) is 0. The molecule has 26 heavy (non-hydrogen) atoms. The molecular weight excluding hydrogens is 328 g/mol. The number of nitrogens with one attached hydrogen (secondary N) is 1. The minimum Gasteiger partial charge on any atom is -0.454 e. The predicted molar refractivity (Wildman–Crippen MR) is 101 cm³/mol. The summed E-state index contributed by atoms with van der Waals surface area (Å²) < 4.78 is 10.4. The van der Waals surface area contributed by atoms with Crippen LogP contribution in [0.25, 0.3) is 12.2 Å². The summed E-state index contributed by atoms with van der Waals surface area (Å²) in [4.78, 5) is 10.7. The van der Waals surface area contributed by atoms with Gasteiger partial charge < -0.3 is 9.47 Å². The monoisotopic (exact) mass is 348 g/mol. The maximum absolute atomic E-state index is 10.7. The lowest BCUT2D eigenvalue weighted by Crippen LogP contribution is -2.25. The van der Waals surface area contributed by atoms with Gasteiger partial charge >= 0.3 is 0 Å². The van der Waals surface area contributed by atoms with E-state index in [4.69, 9.17) is 15.3 Å². The number of benzene rings is 2. The molecule has 1 saturated carbocycles. The molecule has 1 heterocycles. The van der Waals surface area contributed by atoms with E-state index in [0.29, 0.717) is 12.0 Å². The SMILES string of the molecule is NNC1CC1c1ccccc1.O=c1cc1C=Cc1ccc2c(c1)OCO2. The van der Waals surface area contributed by atoms with E-state index in [1.54, 1.807) is 12.1 Å². The highest BCUT2D eigenvalue weighted by Crippen LogP contribution is 2.39. The third-order valence-electron chi connectivity index (χ3n) is 4.57. The van der Waals surface area contributed by atoms with Crippen molar-refractivity contribution < 1.29 is 9.47 Å². The molecule has 2 aliphatic rings. The molecule has 0 saturated heterocycles. The van der Waals surface area contributed by atoms with Gasteiger partial charge in [-0.15, -0.1) is 0 Å². The zero-order valence-corrected chi connectivity index (χ0v) is 14.2. The Morgan fingerprint density at radius 3 is 2.46 bits per heavy atom. The Morgan fingerprint density at radius 1 is 1.00 bits per heavy atom. The highest BCUT2D eigenvalue weighted by molar-refractivity contribution is 5.73. The van der Waals surface area contributed by atoms with E-state index < -0.39 is 0 Å². The fourth-order valence-electron chi connectivity index (χ4n) is 2.89. The van der Waals surface area contributed by atoms with Crippen LogP contribution in [0.15, 0.2) is 59.4 Å². The second-order valence-corrected chi connectivity index (χ2v) is 6.44. The van der Waals surface area contributed by atoms with E-state index in [-0.39, 0.29) is 12.2 Å². The van der Waals surface area contributed by atoms with Crippen LogP contribution >= 0.6 is 0 Å². The molecule has 1 aliphatic heterocycles. The van der Waals surface area contributed by atoms with Gasteiger partial charge in [-0.25, -0.2) is 0 Å². The second-order valence-electron chi connectivity index (χ2n) is 6.44. The summed E-state index contributed by atoms with van der Waals surface area (Å²) in [5.41, 5.74) is 6.07. The number of rotatable bonds is 4. The van der Waals surface area contributed by atoms with E-state index in [1.807, 2.05) is 30.3 Å². The van der Waals surface area contributed by atoms with Crippen molar-refractivity contribution in [3.8, 4) is 11.5 Å². The molecule has 0 spiro atoms. The molecule has 5 heteroatoms. The van der Waals surface area contributed by atoms with E-state index >= 15 is 0 Å². The number of hydrogen-bond donors (Lipinski definition) is 2. The molecule has 132 valence electrons. The lowest BCUT2D eigenvalue weighted by atomic mass is 10.1. The maximum Gasteiger partial charge on any atom is 0.231 e. The summed E-state index contributed by atoms with van der Waals surface area (Å²) in [5.74, 6) is 7.50. The molecule has 3 aromatic carbocycles. The minimum atomic E-state index is 0.118. The summed E-state index contributed by atoms with van der Waals surface area (Å²) >= 11 is 0. The largest absolute Gasteiger partial charge is 0.454 e. The third kappa shape index (κ3) is 3.85. The Morgan fingerprint density at radius 2 is 1.77 bits per heavy atom. The quantitative estimate of drug-likeness (QED) is 0.560. The molecule has 0 amide bonds. The first-order valence-corrected chi connectivity index (χ1v) is 8.59. The van der Waals surface area contributed by atoms with Gasteiger partial charge in [0, 0.05) is 17.5 Å². The van der Waals surface area contributed by atoms with Crippen LogP contribution < -0.4 is 26.2 Å². The van der Waals surface area contributed by atoms with Crippen molar-refractivity contribution in [3.05, 3.63) is 81.5 Å². The predicted octanol–water partition coefficient (Wildman–Crippen LogP) is 2.83. The standard InChI is InChI=1S/C12H8O3.C9H12N2/c13-10-6-9(10)3-1-8-2-4-11-12(5-8)15-7-14-11;10-11-9-6-8(9)7-4-2-1-3-5-7/h1-6H,7H2;1-5,8-9,11H,6,10H2. The van der Waals surface area contributed by atoms with Crippen molar-refractivity contribution >= 4 is 12.2 Å². The van der Waals surface area contributed by atoms with Crippen molar-refractivity contribution in [2.75, 3.05) is 6.79 Å². The molecular formula is C21H20N2O3. The highest BCUT2D eigenvalue weighted by Gasteiger charge is 2.36. The summed E-state index contributed by atoms with van der Waals surface area (Å²) in [7, 11) is 0. The Balaban J connectivity index is 0.000000136. The van der Waals surface area contributed by atoms with E-state index in [2.05, 4.69) is 29.7 Å². The van der Waals surface area contributed by atoms with Crippen LogP contribution in [-0.2, 0) is 0 Å². The van der Waals surface area contributed by atoms with Crippen LogP contribution in [-0.4, -0.2) is 12.8 Å². The fraction of sp³-hybridized carbons (Fsp3) is 0.190. The number of nitrogens with two attached hydrogens (primary N) is 1. The Kier molecular flexibility index (Phi) is 4.56. The molecule has 0 radical (unpaired) electrons. The number of hydrogen-bond acceptors (Lipinski definition) is 5. The Hall–Kier alpha value is -2.89. The van der Waals surface area contributed by atoms with Gasteiger partial charge in [0.15, 0.2) is 16.9 Å². The molecule has 0 bridgehead atoms. The van der Waals surface area contributed by atoms with Gasteiger partial charge in [0.05, 0.1) is 0 Å². The van der Waals surface area contributed by atoms with E-state index in [9.17, 15) is 4.79 Å². The Labute approximate surface area is 151 Å². The van der Waals surface area contributed by atoms with Crippen LogP contribution in [0.4, 0.5) is 0 Å². The van der Waals surface area contributed by atoms with Crippen molar-refractivity contribution in [2.45, 2.75) is 18.4 Å². The zero-order valence-electron chi connectivity index (χ0n) is 14.2. The molecule has 1 fully saturated rings. The van der Waals surface area contributed by atoms with Crippen molar-refractivity contribution in [2.24, 2.45) is 5.84 Å². The van der Waals surface area contributed by atoms with Gasteiger partial charge in [0.2, 0.25) is 6.79 Å². The number of hydrazine groups is 1. The third-order valence-corrected chi connectivity index (χ3v) is 4.57. The summed E-state index contributed by atoms with van der Waals surface area (Å²) in [6.07, 6.45) is 4.87. The average molecular weight is 348 g/mol. The number of ether oxygens (including phenoxy) is 2. The minimum absolute atomic E-state index is 0.118. The molecule has 1 aliphatic carbocycles. The van der Waals surface area contributed by atoms with Gasteiger partial charge in [-0.1, -0.05) is 48.6 Å². The normalized spacial score (nSPS) is 20.2. The van der Waals surface area contributed by atoms with Gasteiger partial charge in [-0.2, -0.15) is 0 Å². The first-order chi connectivity index (χ1) is 12.7. The topological polar surface area (TPSA) is 73.6 Å².